The molecule has 0 spiro atoms. The quantitative estimate of drug-likeness (QED) is 0.469. The van der Waals surface area contributed by atoms with E-state index in [1.807, 2.05) is 0 Å². The molecule has 2 aromatic rings. The van der Waals surface area contributed by atoms with Crippen molar-refractivity contribution in [2.24, 2.45) is 0 Å². The normalized spacial score (nSPS) is 10.4. The van der Waals surface area contributed by atoms with Gasteiger partial charge < -0.3 is 0 Å². The maximum atomic E-state index is 12.9. The first-order chi connectivity index (χ1) is 8.49. The highest BCUT2D eigenvalue weighted by molar-refractivity contribution is 6.08. The summed E-state index contributed by atoms with van der Waals surface area (Å²) in [5.41, 5.74) is -0.598. The van der Waals surface area contributed by atoms with Crippen molar-refractivity contribution in [3.05, 3.63) is 65.0 Å². The first-order valence-electron chi connectivity index (χ1n) is 4.79. The van der Waals surface area contributed by atoms with E-state index >= 15 is 0 Å². The maximum absolute atomic E-state index is 12.9. The second-order valence-electron chi connectivity index (χ2n) is 3.47. The van der Waals surface area contributed by atoms with E-state index in [9.17, 15) is 22.4 Å². The van der Waals surface area contributed by atoms with E-state index in [2.05, 4.69) is 4.98 Å². The van der Waals surface area contributed by atoms with Crippen molar-refractivity contribution >= 4 is 5.78 Å². The molecule has 1 aromatic carbocycles. The highest BCUT2D eigenvalue weighted by Crippen LogP contribution is 2.16. The summed E-state index contributed by atoms with van der Waals surface area (Å²) in [7, 11) is 0. The van der Waals surface area contributed by atoms with Gasteiger partial charge in [-0.25, -0.2) is 17.6 Å². The fraction of sp³-hybridized carbons (Fsp3) is 0. The molecule has 18 heavy (non-hydrogen) atoms. The van der Waals surface area contributed by atoms with Gasteiger partial charge in [0, 0.05) is 17.3 Å². The lowest BCUT2D eigenvalue weighted by atomic mass is 10.0. The molecule has 1 heterocycles. The van der Waals surface area contributed by atoms with E-state index in [0.29, 0.717) is 12.1 Å². The lowest BCUT2D eigenvalue weighted by molar-refractivity contribution is 0.103. The predicted octanol–water partition coefficient (Wildman–Crippen LogP) is 2.87. The number of pyridine rings is 1. The van der Waals surface area contributed by atoms with Gasteiger partial charge >= 0.3 is 0 Å². The van der Waals surface area contributed by atoms with Crippen LogP contribution in [0.4, 0.5) is 17.6 Å². The number of carbonyl (C=O) groups excluding carboxylic acids is 1. The van der Waals surface area contributed by atoms with Crippen molar-refractivity contribution in [1.29, 1.82) is 0 Å². The van der Waals surface area contributed by atoms with Crippen LogP contribution in [0.2, 0.25) is 0 Å². The van der Waals surface area contributed by atoms with Gasteiger partial charge in [0.15, 0.2) is 23.2 Å². The molecule has 0 saturated heterocycles. The number of benzene rings is 1. The molecule has 0 fully saturated rings. The topological polar surface area (TPSA) is 30.0 Å². The van der Waals surface area contributed by atoms with E-state index in [-0.39, 0.29) is 5.56 Å². The third-order valence-corrected chi connectivity index (χ3v) is 2.21. The lowest BCUT2D eigenvalue weighted by Crippen LogP contribution is -2.05. The number of halogens is 4. The van der Waals surface area contributed by atoms with Crippen LogP contribution in [0.3, 0.4) is 0 Å². The minimum Gasteiger partial charge on any atom is -0.289 e. The number of carbonyl (C=O) groups is 1. The van der Waals surface area contributed by atoms with Crippen molar-refractivity contribution in [2.45, 2.75) is 0 Å². The Kier molecular flexibility index (Phi) is 3.10. The van der Waals surface area contributed by atoms with E-state index < -0.39 is 34.6 Å². The molecule has 0 unspecified atom stereocenters. The summed E-state index contributed by atoms with van der Waals surface area (Å²) in [5.74, 6) is -6.24. The highest BCUT2D eigenvalue weighted by Gasteiger charge is 2.16. The van der Waals surface area contributed by atoms with Crippen LogP contribution in [0, 0.1) is 23.3 Å². The molecular formula is C12H5F4NO. The molecule has 0 aliphatic heterocycles. The molecule has 0 amide bonds. The number of aromatic nitrogens is 1. The lowest BCUT2D eigenvalue weighted by Gasteiger charge is -2.02. The van der Waals surface area contributed by atoms with Crippen molar-refractivity contribution in [2.75, 3.05) is 0 Å². The molecule has 6 heteroatoms. The minimum atomic E-state index is -1.66. The third kappa shape index (κ3) is 2.22. The van der Waals surface area contributed by atoms with Gasteiger partial charge in [-0.1, -0.05) is 0 Å². The van der Waals surface area contributed by atoms with Crippen LogP contribution in [0.15, 0.2) is 30.6 Å². The van der Waals surface area contributed by atoms with Crippen LogP contribution < -0.4 is 0 Å². The Hall–Kier alpha value is -2.24. The zero-order valence-electron chi connectivity index (χ0n) is 8.75. The van der Waals surface area contributed by atoms with Gasteiger partial charge in [0.2, 0.25) is 0 Å². The van der Waals surface area contributed by atoms with E-state index in [1.165, 1.54) is 0 Å². The third-order valence-electron chi connectivity index (χ3n) is 2.21. The van der Waals surface area contributed by atoms with Gasteiger partial charge in [0.05, 0.1) is 6.20 Å². The summed E-state index contributed by atoms with van der Waals surface area (Å²) >= 11 is 0. The van der Waals surface area contributed by atoms with E-state index in [0.717, 1.165) is 18.5 Å². The Morgan fingerprint density at radius 2 is 1.50 bits per heavy atom. The van der Waals surface area contributed by atoms with Gasteiger partial charge in [-0.05, 0) is 18.2 Å². The van der Waals surface area contributed by atoms with Gasteiger partial charge in [0.25, 0.3) is 0 Å². The van der Waals surface area contributed by atoms with Crippen LogP contribution in [-0.2, 0) is 0 Å². The fourth-order valence-electron chi connectivity index (χ4n) is 1.39. The second-order valence-corrected chi connectivity index (χ2v) is 3.47. The zero-order valence-corrected chi connectivity index (χ0v) is 8.75. The van der Waals surface area contributed by atoms with E-state index in [1.54, 1.807) is 0 Å². The number of hydrogen-bond donors (Lipinski definition) is 0. The minimum absolute atomic E-state index is 0.180. The van der Waals surface area contributed by atoms with Crippen molar-refractivity contribution in [1.82, 2.24) is 4.98 Å². The summed E-state index contributed by atoms with van der Waals surface area (Å²) in [4.78, 5) is 15.2. The monoisotopic (exact) mass is 255 g/mol. The summed E-state index contributed by atoms with van der Waals surface area (Å²) in [6.45, 7) is 0. The Labute approximate surface area is 98.9 Å². The fourth-order valence-corrected chi connectivity index (χ4v) is 1.39. The predicted molar refractivity (Wildman–Crippen MR) is 53.9 cm³/mol. The molecule has 0 saturated carbocycles. The summed E-state index contributed by atoms with van der Waals surface area (Å²) in [6, 6.07) is 1.96. The standard InChI is InChI=1S/C12H5F4NO/c13-8-1-7(4-17-5-8)12(18)6-2-9(14)11(16)10(15)3-6/h1-5H. The molecule has 92 valence electrons. The Balaban J connectivity index is 2.47. The smallest absolute Gasteiger partial charge is 0.194 e. The summed E-state index contributed by atoms with van der Waals surface area (Å²) in [6.07, 6.45) is 1.92. The van der Waals surface area contributed by atoms with Crippen LogP contribution in [0.5, 0.6) is 0 Å². The SMILES string of the molecule is O=C(c1cncc(F)c1)c1cc(F)c(F)c(F)c1. The largest absolute Gasteiger partial charge is 0.289 e. The van der Waals surface area contributed by atoms with Crippen molar-refractivity contribution < 1.29 is 22.4 Å². The molecule has 0 atom stereocenters. The Bertz CT molecular complexity index is 604. The first kappa shape index (κ1) is 12.2. The average Bonchev–Trinajstić information content (AvgIpc) is 2.34. The van der Waals surface area contributed by atoms with Crippen molar-refractivity contribution in [3.8, 4) is 0 Å². The number of nitrogens with zero attached hydrogens (tertiary/aromatic N) is 1. The van der Waals surface area contributed by atoms with Gasteiger partial charge in [-0.15, -0.1) is 0 Å². The number of hydrogen-bond acceptors (Lipinski definition) is 2. The number of rotatable bonds is 2. The first-order valence-corrected chi connectivity index (χ1v) is 4.79. The zero-order chi connectivity index (χ0) is 13.3. The molecule has 0 N–H and O–H groups in total. The summed E-state index contributed by atoms with van der Waals surface area (Å²) < 4.78 is 51.4. The maximum Gasteiger partial charge on any atom is 0.194 e. The second kappa shape index (κ2) is 4.56. The Morgan fingerprint density at radius 3 is 2.06 bits per heavy atom. The number of ketones is 1. The average molecular weight is 255 g/mol. The molecule has 2 rings (SSSR count). The molecule has 0 radical (unpaired) electrons. The highest BCUT2D eigenvalue weighted by atomic mass is 19.2. The van der Waals surface area contributed by atoms with Gasteiger partial charge in [-0.3, -0.25) is 9.78 Å². The van der Waals surface area contributed by atoms with Gasteiger partial charge in [-0.2, -0.15) is 0 Å². The summed E-state index contributed by atoms with van der Waals surface area (Å²) in [5, 5.41) is 0. The van der Waals surface area contributed by atoms with Crippen LogP contribution in [0.25, 0.3) is 0 Å². The molecule has 2 nitrogen and oxygen atoms in total. The Morgan fingerprint density at radius 1 is 0.889 bits per heavy atom. The van der Waals surface area contributed by atoms with Crippen LogP contribution in [-0.4, -0.2) is 10.8 Å². The van der Waals surface area contributed by atoms with E-state index in [4.69, 9.17) is 0 Å². The molecular weight excluding hydrogens is 250 g/mol. The van der Waals surface area contributed by atoms with Gasteiger partial charge in [0.1, 0.15) is 5.82 Å². The molecule has 0 aliphatic rings. The molecule has 1 aromatic heterocycles. The van der Waals surface area contributed by atoms with Crippen LogP contribution in [0.1, 0.15) is 15.9 Å². The molecule has 0 aliphatic carbocycles. The molecule has 0 bridgehead atoms. The van der Waals surface area contributed by atoms with Crippen molar-refractivity contribution in [3.63, 3.8) is 0 Å². The van der Waals surface area contributed by atoms with Crippen LogP contribution >= 0.6 is 0 Å².